The van der Waals surface area contributed by atoms with Crippen molar-refractivity contribution in [2.45, 2.75) is 39.7 Å². The number of carbonyl (C=O) groups is 2. The van der Waals surface area contributed by atoms with Gasteiger partial charge in [-0.1, -0.05) is 13.0 Å². The lowest BCUT2D eigenvalue weighted by Gasteiger charge is -2.26. The summed E-state index contributed by atoms with van der Waals surface area (Å²) < 4.78 is 18.7. The van der Waals surface area contributed by atoms with E-state index < -0.39 is 5.60 Å². The Hall–Kier alpha value is -2.89. The lowest BCUT2D eigenvalue weighted by atomic mass is 10.1. The molecule has 26 heavy (non-hydrogen) atoms. The average molecular weight is 358 g/mol. The van der Waals surface area contributed by atoms with E-state index >= 15 is 0 Å². The maximum atomic E-state index is 13.0. The van der Waals surface area contributed by atoms with Crippen LogP contribution in [0.15, 0.2) is 42.5 Å². The molecule has 0 bridgehead atoms. The zero-order chi connectivity index (χ0) is 19.3. The smallest absolute Gasteiger partial charge is 0.267 e. The molecule has 0 aliphatic carbocycles. The molecule has 0 aromatic heterocycles. The molecule has 0 aliphatic rings. The number of anilines is 2. The lowest BCUT2D eigenvalue weighted by molar-refractivity contribution is -0.128. The third-order valence-corrected chi connectivity index (χ3v) is 3.82. The summed E-state index contributed by atoms with van der Waals surface area (Å²) in [5.74, 6) is -0.441. The zero-order valence-corrected chi connectivity index (χ0v) is 15.4. The Morgan fingerprint density at radius 1 is 1.08 bits per heavy atom. The Morgan fingerprint density at radius 3 is 2.35 bits per heavy atom. The first-order valence-electron chi connectivity index (χ1n) is 8.38. The summed E-state index contributed by atoms with van der Waals surface area (Å²) >= 11 is 0. The molecular weight excluding hydrogens is 335 g/mol. The Bertz CT molecular complexity index is 801. The molecular formula is C20H23FN2O3. The predicted molar refractivity (Wildman–Crippen MR) is 99.8 cm³/mol. The molecule has 0 saturated carbocycles. The van der Waals surface area contributed by atoms with Crippen molar-refractivity contribution in [3.05, 3.63) is 53.8 Å². The molecule has 0 aliphatic heterocycles. The molecule has 138 valence electrons. The van der Waals surface area contributed by atoms with E-state index in [-0.39, 0.29) is 17.6 Å². The second-order valence-electron chi connectivity index (χ2n) is 6.45. The molecule has 0 unspecified atom stereocenters. The van der Waals surface area contributed by atoms with Crippen molar-refractivity contribution in [2.75, 3.05) is 10.6 Å². The number of halogens is 1. The second kappa shape index (κ2) is 7.99. The molecule has 0 heterocycles. The van der Waals surface area contributed by atoms with Gasteiger partial charge in [0.15, 0.2) is 5.60 Å². The Morgan fingerprint density at radius 2 is 1.73 bits per heavy atom. The quantitative estimate of drug-likeness (QED) is 0.810. The first kappa shape index (κ1) is 19.4. The summed E-state index contributed by atoms with van der Waals surface area (Å²) in [6.45, 7) is 6.88. The van der Waals surface area contributed by atoms with Gasteiger partial charge in [-0.05, 0) is 62.7 Å². The number of aryl methyl sites for hydroxylation is 1. The number of amides is 2. The number of hydrogen-bond donors (Lipinski definition) is 2. The van der Waals surface area contributed by atoms with Crippen LogP contribution in [0.3, 0.4) is 0 Å². The van der Waals surface area contributed by atoms with Crippen LogP contribution in [0.2, 0.25) is 0 Å². The van der Waals surface area contributed by atoms with Gasteiger partial charge >= 0.3 is 0 Å². The monoisotopic (exact) mass is 358 g/mol. The van der Waals surface area contributed by atoms with Crippen molar-refractivity contribution < 1.29 is 18.7 Å². The van der Waals surface area contributed by atoms with Crippen molar-refractivity contribution in [3.63, 3.8) is 0 Å². The highest BCUT2D eigenvalue weighted by atomic mass is 19.1. The highest BCUT2D eigenvalue weighted by molar-refractivity contribution is 5.98. The molecule has 5 nitrogen and oxygen atoms in total. The van der Waals surface area contributed by atoms with Gasteiger partial charge in [0.25, 0.3) is 5.91 Å². The Labute approximate surface area is 152 Å². The van der Waals surface area contributed by atoms with Crippen molar-refractivity contribution in [1.82, 2.24) is 0 Å². The van der Waals surface area contributed by atoms with Crippen LogP contribution < -0.4 is 15.4 Å². The van der Waals surface area contributed by atoms with E-state index in [1.165, 1.54) is 24.3 Å². The van der Waals surface area contributed by atoms with E-state index in [0.717, 1.165) is 5.56 Å². The largest absolute Gasteiger partial charge is 0.478 e. The van der Waals surface area contributed by atoms with E-state index in [1.54, 1.807) is 32.9 Å². The lowest BCUT2D eigenvalue weighted by Crippen LogP contribution is -2.42. The first-order valence-corrected chi connectivity index (χ1v) is 8.38. The minimum absolute atomic E-state index is 0.105. The van der Waals surface area contributed by atoms with Gasteiger partial charge in [0.2, 0.25) is 5.91 Å². The molecule has 2 rings (SSSR count). The highest BCUT2D eigenvalue weighted by Gasteiger charge is 2.30. The van der Waals surface area contributed by atoms with E-state index in [2.05, 4.69) is 10.6 Å². The van der Waals surface area contributed by atoms with Gasteiger partial charge in [0.05, 0.1) is 0 Å². The predicted octanol–water partition coefficient (Wildman–Crippen LogP) is 4.28. The van der Waals surface area contributed by atoms with Crippen molar-refractivity contribution >= 4 is 23.2 Å². The maximum Gasteiger partial charge on any atom is 0.267 e. The topological polar surface area (TPSA) is 67.4 Å². The fraction of sp³-hybridized carbons (Fsp3) is 0.300. The molecule has 0 saturated heterocycles. The maximum absolute atomic E-state index is 13.0. The van der Waals surface area contributed by atoms with E-state index in [4.69, 9.17) is 4.74 Å². The standard InChI is InChI=1S/C20H23FN2O3/c1-5-18(24)22-15-9-6-13(2)17(12-15)23-19(25)20(3,4)26-16-10-7-14(21)8-11-16/h6-12H,5H2,1-4H3,(H,22,24)(H,23,25). The van der Waals surface area contributed by atoms with Gasteiger partial charge < -0.3 is 15.4 Å². The first-order chi connectivity index (χ1) is 12.2. The van der Waals surface area contributed by atoms with Crippen molar-refractivity contribution in [1.29, 1.82) is 0 Å². The molecule has 0 spiro atoms. The van der Waals surface area contributed by atoms with E-state index in [9.17, 15) is 14.0 Å². The van der Waals surface area contributed by atoms with Gasteiger partial charge in [0.1, 0.15) is 11.6 Å². The average Bonchev–Trinajstić information content (AvgIpc) is 2.59. The fourth-order valence-electron chi connectivity index (χ4n) is 2.20. The summed E-state index contributed by atoms with van der Waals surface area (Å²) in [6.07, 6.45) is 0.369. The number of hydrogen-bond acceptors (Lipinski definition) is 3. The molecule has 2 N–H and O–H groups in total. The van der Waals surface area contributed by atoms with Crippen LogP contribution in [0, 0.1) is 12.7 Å². The third kappa shape index (κ3) is 5.05. The van der Waals surface area contributed by atoms with Crippen LogP contribution in [-0.2, 0) is 9.59 Å². The third-order valence-electron chi connectivity index (χ3n) is 3.82. The molecule has 2 aromatic rings. The number of ether oxygens (including phenoxy) is 1. The van der Waals surface area contributed by atoms with Crippen LogP contribution in [0.5, 0.6) is 5.75 Å². The van der Waals surface area contributed by atoms with Crippen LogP contribution in [-0.4, -0.2) is 17.4 Å². The molecule has 0 atom stereocenters. The zero-order valence-electron chi connectivity index (χ0n) is 15.4. The summed E-state index contributed by atoms with van der Waals surface area (Å²) in [6, 6.07) is 10.8. The SMILES string of the molecule is CCC(=O)Nc1ccc(C)c(NC(=O)C(C)(C)Oc2ccc(F)cc2)c1. The molecule has 6 heteroatoms. The minimum Gasteiger partial charge on any atom is -0.478 e. The van der Waals surface area contributed by atoms with Crippen LogP contribution >= 0.6 is 0 Å². The van der Waals surface area contributed by atoms with Gasteiger partial charge in [-0.15, -0.1) is 0 Å². The molecule has 2 amide bonds. The molecule has 0 fully saturated rings. The number of rotatable bonds is 6. The fourth-order valence-corrected chi connectivity index (χ4v) is 2.20. The Balaban J connectivity index is 2.13. The van der Waals surface area contributed by atoms with Crippen LogP contribution in [0.1, 0.15) is 32.8 Å². The highest BCUT2D eigenvalue weighted by Crippen LogP contribution is 2.24. The van der Waals surface area contributed by atoms with Gasteiger partial charge in [-0.2, -0.15) is 0 Å². The van der Waals surface area contributed by atoms with Gasteiger partial charge in [-0.25, -0.2) is 4.39 Å². The summed E-state index contributed by atoms with van der Waals surface area (Å²) in [5, 5.41) is 5.58. The number of carbonyl (C=O) groups excluding carboxylic acids is 2. The Kier molecular flexibility index (Phi) is 5.97. The van der Waals surface area contributed by atoms with E-state index in [1.807, 2.05) is 13.0 Å². The van der Waals surface area contributed by atoms with Gasteiger partial charge in [0, 0.05) is 17.8 Å². The van der Waals surface area contributed by atoms with Gasteiger partial charge in [-0.3, -0.25) is 9.59 Å². The molecule has 2 aromatic carbocycles. The second-order valence-corrected chi connectivity index (χ2v) is 6.45. The normalized spacial score (nSPS) is 11.0. The minimum atomic E-state index is -1.17. The van der Waals surface area contributed by atoms with Crippen molar-refractivity contribution in [3.8, 4) is 5.75 Å². The van der Waals surface area contributed by atoms with Crippen LogP contribution in [0.4, 0.5) is 15.8 Å². The summed E-state index contributed by atoms with van der Waals surface area (Å²) in [4.78, 5) is 24.2. The van der Waals surface area contributed by atoms with E-state index in [0.29, 0.717) is 23.5 Å². The number of benzene rings is 2. The number of nitrogens with one attached hydrogen (secondary N) is 2. The van der Waals surface area contributed by atoms with Crippen LogP contribution in [0.25, 0.3) is 0 Å². The van der Waals surface area contributed by atoms with Crippen molar-refractivity contribution in [2.24, 2.45) is 0 Å². The molecule has 0 radical (unpaired) electrons. The summed E-state index contributed by atoms with van der Waals surface area (Å²) in [5.41, 5.74) is 0.868. The summed E-state index contributed by atoms with van der Waals surface area (Å²) in [7, 11) is 0.